The van der Waals surface area contributed by atoms with Gasteiger partial charge in [0, 0.05) is 0 Å². The Labute approximate surface area is 169 Å². The van der Waals surface area contributed by atoms with Crippen LogP contribution in [-0.4, -0.2) is 51.1 Å². The van der Waals surface area contributed by atoms with Crippen molar-refractivity contribution in [3.05, 3.63) is 108 Å². The number of aliphatic hydroxyl groups excluding tert-OH is 4. The van der Waals surface area contributed by atoms with E-state index in [2.05, 4.69) is 0 Å². The molecule has 0 spiro atoms. The lowest BCUT2D eigenvalue weighted by Crippen LogP contribution is -2.52. The predicted molar refractivity (Wildman–Crippen MR) is 109 cm³/mol. The van der Waals surface area contributed by atoms with Gasteiger partial charge in [-0.15, -0.1) is 0 Å². The molecular formula is C24H24O5. The first-order chi connectivity index (χ1) is 14.0. The summed E-state index contributed by atoms with van der Waals surface area (Å²) in [7, 11) is 0. The standard InChI is InChI=1S/C24H24O5/c25-16-20(26)21(27)22(28)23(29)24(17-10-4-1-5-11-17,18-12-6-2-7-13-18)19-14-8-3-9-15-19/h1-15,20-22,25-28H,16H2/t20-,21-,22-/m1/s1. The molecule has 0 heterocycles. The largest absolute Gasteiger partial charge is 0.394 e. The Balaban J connectivity index is 2.30. The number of hydrogen-bond donors (Lipinski definition) is 4. The van der Waals surface area contributed by atoms with E-state index in [0.29, 0.717) is 16.7 Å². The van der Waals surface area contributed by atoms with Gasteiger partial charge in [-0.3, -0.25) is 4.79 Å². The van der Waals surface area contributed by atoms with Crippen LogP contribution in [0.4, 0.5) is 0 Å². The van der Waals surface area contributed by atoms with Crippen molar-refractivity contribution in [1.82, 2.24) is 0 Å². The molecule has 5 nitrogen and oxygen atoms in total. The Morgan fingerprint density at radius 1 is 0.690 bits per heavy atom. The van der Waals surface area contributed by atoms with Gasteiger partial charge in [0.25, 0.3) is 0 Å². The molecule has 0 aliphatic heterocycles. The van der Waals surface area contributed by atoms with E-state index in [0.717, 1.165) is 0 Å². The van der Waals surface area contributed by atoms with Crippen LogP contribution in [0.2, 0.25) is 0 Å². The van der Waals surface area contributed by atoms with Crippen molar-refractivity contribution in [1.29, 1.82) is 0 Å². The van der Waals surface area contributed by atoms with Crippen LogP contribution in [0.25, 0.3) is 0 Å². The Morgan fingerprint density at radius 2 is 1.03 bits per heavy atom. The third-order valence-electron chi connectivity index (χ3n) is 5.16. The number of hydrogen-bond acceptors (Lipinski definition) is 5. The van der Waals surface area contributed by atoms with Gasteiger partial charge in [-0.1, -0.05) is 91.0 Å². The summed E-state index contributed by atoms with van der Waals surface area (Å²) in [5.41, 5.74) is 0.436. The molecule has 4 N–H and O–H groups in total. The number of aliphatic hydroxyl groups is 4. The van der Waals surface area contributed by atoms with Crippen LogP contribution in [0.3, 0.4) is 0 Å². The quantitative estimate of drug-likeness (QED) is 0.437. The number of Topliss-reactive ketones (excluding diaryl/α,β-unsaturated/α-hetero) is 1. The molecule has 150 valence electrons. The van der Waals surface area contributed by atoms with Gasteiger partial charge in [0.15, 0.2) is 5.78 Å². The zero-order valence-corrected chi connectivity index (χ0v) is 15.8. The molecule has 3 aromatic rings. The molecule has 3 atom stereocenters. The van der Waals surface area contributed by atoms with Crippen molar-refractivity contribution in [2.75, 3.05) is 6.61 Å². The van der Waals surface area contributed by atoms with Crippen LogP contribution >= 0.6 is 0 Å². The maximum absolute atomic E-state index is 13.8. The number of ketones is 1. The molecule has 0 bridgehead atoms. The van der Waals surface area contributed by atoms with Gasteiger partial charge in [-0.25, -0.2) is 0 Å². The third-order valence-corrected chi connectivity index (χ3v) is 5.16. The maximum Gasteiger partial charge on any atom is 0.183 e. The minimum Gasteiger partial charge on any atom is -0.394 e. The van der Waals surface area contributed by atoms with E-state index in [1.807, 2.05) is 18.2 Å². The van der Waals surface area contributed by atoms with E-state index in [9.17, 15) is 20.1 Å². The average molecular weight is 392 g/mol. The van der Waals surface area contributed by atoms with Gasteiger partial charge < -0.3 is 20.4 Å². The fourth-order valence-corrected chi connectivity index (χ4v) is 3.69. The second-order valence-electron chi connectivity index (χ2n) is 6.90. The van der Waals surface area contributed by atoms with Gasteiger partial charge in [0.1, 0.15) is 23.7 Å². The molecule has 0 saturated carbocycles. The summed E-state index contributed by atoms with van der Waals surface area (Å²) < 4.78 is 0. The zero-order valence-electron chi connectivity index (χ0n) is 15.8. The summed E-state index contributed by atoms with van der Waals surface area (Å²) in [5.74, 6) is -0.693. The molecular weight excluding hydrogens is 368 g/mol. The van der Waals surface area contributed by atoms with Crippen LogP contribution in [0, 0.1) is 0 Å². The predicted octanol–water partition coefficient (Wildman–Crippen LogP) is 1.67. The van der Waals surface area contributed by atoms with E-state index in [4.69, 9.17) is 5.11 Å². The maximum atomic E-state index is 13.8. The summed E-state index contributed by atoms with van der Waals surface area (Å²) >= 11 is 0. The minimum absolute atomic E-state index is 0.618. The highest BCUT2D eigenvalue weighted by Crippen LogP contribution is 2.41. The van der Waals surface area contributed by atoms with E-state index in [-0.39, 0.29) is 0 Å². The topological polar surface area (TPSA) is 98.0 Å². The highest BCUT2D eigenvalue weighted by atomic mass is 16.4. The summed E-state index contributed by atoms with van der Waals surface area (Å²) in [5, 5.41) is 40.0. The van der Waals surface area contributed by atoms with Crippen LogP contribution in [0.15, 0.2) is 91.0 Å². The van der Waals surface area contributed by atoms with Crippen LogP contribution < -0.4 is 0 Å². The van der Waals surface area contributed by atoms with Crippen LogP contribution in [0.5, 0.6) is 0 Å². The number of carbonyl (C=O) groups excluding carboxylic acids is 1. The normalized spacial score (nSPS) is 14.8. The third kappa shape index (κ3) is 3.86. The lowest BCUT2D eigenvalue weighted by atomic mass is 9.65. The molecule has 3 aromatic carbocycles. The molecule has 0 fully saturated rings. The van der Waals surface area contributed by atoms with Crippen molar-refractivity contribution in [3.8, 4) is 0 Å². The zero-order chi connectivity index (χ0) is 20.9. The van der Waals surface area contributed by atoms with Crippen LogP contribution in [-0.2, 0) is 10.2 Å². The molecule has 5 heteroatoms. The second kappa shape index (κ2) is 9.11. The van der Waals surface area contributed by atoms with Crippen LogP contribution in [0.1, 0.15) is 16.7 Å². The monoisotopic (exact) mass is 392 g/mol. The SMILES string of the molecule is O=C([C@H](O)[C@H](O)[C@H](O)CO)C(c1ccccc1)(c1ccccc1)c1ccccc1. The highest BCUT2D eigenvalue weighted by molar-refractivity contribution is 6.00. The molecule has 0 saturated heterocycles. The van der Waals surface area contributed by atoms with Gasteiger partial charge in [-0.2, -0.15) is 0 Å². The van der Waals surface area contributed by atoms with Crippen molar-refractivity contribution < 1.29 is 25.2 Å². The minimum atomic E-state index is -1.92. The Morgan fingerprint density at radius 3 is 1.34 bits per heavy atom. The molecule has 3 rings (SSSR count). The number of rotatable bonds is 8. The second-order valence-corrected chi connectivity index (χ2v) is 6.90. The van der Waals surface area contributed by atoms with E-state index in [1.54, 1.807) is 72.8 Å². The first-order valence-electron chi connectivity index (χ1n) is 9.39. The Hall–Kier alpha value is -2.83. The fourth-order valence-electron chi connectivity index (χ4n) is 3.69. The lowest BCUT2D eigenvalue weighted by Gasteiger charge is -2.37. The fraction of sp³-hybridized carbons (Fsp3) is 0.208. The number of benzene rings is 3. The lowest BCUT2D eigenvalue weighted by molar-refractivity contribution is -0.143. The van der Waals surface area contributed by atoms with Gasteiger partial charge in [-0.05, 0) is 16.7 Å². The molecule has 0 aromatic heterocycles. The molecule has 0 unspecified atom stereocenters. The Bertz CT molecular complexity index is 815. The highest BCUT2D eigenvalue weighted by Gasteiger charge is 2.48. The van der Waals surface area contributed by atoms with Crippen molar-refractivity contribution >= 4 is 5.78 Å². The molecule has 29 heavy (non-hydrogen) atoms. The summed E-state index contributed by atoms with van der Waals surface area (Å²) in [6, 6.07) is 27.0. The van der Waals surface area contributed by atoms with Crippen molar-refractivity contribution in [2.45, 2.75) is 23.7 Å². The summed E-state index contributed by atoms with van der Waals surface area (Å²) in [6.45, 7) is -0.777. The Kier molecular flexibility index (Phi) is 6.56. The van der Waals surface area contributed by atoms with E-state index in [1.165, 1.54) is 0 Å². The summed E-state index contributed by atoms with van der Waals surface area (Å²) in [6.07, 6.45) is -5.39. The average Bonchev–Trinajstić information content (AvgIpc) is 2.80. The van der Waals surface area contributed by atoms with Gasteiger partial charge >= 0.3 is 0 Å². The van der Waals surface area contributed by atoms with Gasteiger partial charge in [0.05, 0.1) is 6.61 Å². The molecule has 0 aliphatic rings. The van der Waals surface area contributed by atoms with E-state index < -0.39 is 36.1 Å². The molecule has 0 aliphatic carbocycles. The van der Waals surface area contributed by atoms with Crippen molar-refractivity contribution in [3.63, 3.8) is 0 Å². The summed E-state index contributed by atoms with van der Waals surface area (Å²) in [4.78, 5) is 13.8. The van der Waals surface area contributed by atoms with Crippen molar-refractivity contribution in [2.24, 2.45) is 0 Å². The van der Waals surface area contributed by atoms with E-state index >= 15 is 0 Å². The molecule has 0 amide bonds. The molecule has 0 radical (unpaired) electrons. The number of carbonyl (C=O) groups is 1. The first kappa shape index (κ1) is 20.9. The smallest absolute Gasteiger partial charge is 0.183 e. The van der Waals surface area contributed by atoms with Gasteiger partial charge in [0.2, 0.25) is 0 Å². The first-order valence-corrected chi connectivity index (χ1v) is 9.39.